The monoisotopic (exact) mass is 363 g/mol. The van der Waals surface area contributed by atoms with Gasteiger partial charge in [-0.05, 0) is 48.4 Å². The van der Waals surface area contributed by atoms with E-state index in [1.54, 1.807) is 12.4 Å². The van der Waals surface area contributed by atoms with E-state index in [0.717, 1.165) is 43.0 Å². The first kappa shape index (κ1) is 18.8. The zero-order valence-corrected chi connectivity index (χ0v) is 15.2. The summed E-state index contributed by atoms with van der Waals surface area (Å²) in [6.45, 7) is 2.63. The number of hydrogen-bond acceptors (Lipinski definition) is 6. The number of pyridine rings is 1. The molecule has 0 aliphatic carbocycles. The average Bonchev–Trinajstić information content (AvgIpc) is 2.67. The number of aromatic nitrogens is 1. The molecule has 2 aromatic rings. The van der Waals surface area contributed by atoms with E-state index in [1.165, 1.54) is 18.0 Å². The molecule has 1 aliphatic heterocycles. The summed E-state index contributed by atoms with van der Waals surface area (Å²) in [6, 6.07) is 10.8. The van der Waals surface area contributed by atoms with E-state index in [2.05, 4.69) is 39.9 Å². The Bertz CT molecular complexity index is 810. The van der Waals surface area contributed by atoms with Crippen LogP contribution in [0.2, 0.25) is 0 Å². The fraction of sp³-hybridized carbons (Fsp3) is 0.238. The Kier molecular flexibility index (Phi) is 6.73. The lowest BCUT2D eigenvalue weighted by Crippen LogP contribution is -2.46. The first-order valence-electron chi connectivity index (χ1n) is 9.00. The average molecular weight is 363 g/mol. The second-order valence-electron chi connectivity index (χ2n) is 6.34. The van der Waals surface area contributed by atoms with Crippen molar-refractivity contribution in [1.29, 1.82) is 5.41 Å². The highest BCUT2D eigenvalue weighted by Gasteiger charge is 2.16. The Labute approximate surface area is 159 Å². The Hall–Kier alpha value is -2.96. The number of hydrogen-bond donors (Lipinski definition) is 4. The van der Waals surface area contributed by atoms with Gasteiger partial charge in [-0.25, -0.2) is 0 Å². The third kappa shape index (κ3) is 5.26. The molecule has 1 fully saturated rings. The predicted octanol–water partition coefficient (Wildman–Crippen LogP) is 2.64. The third-order valence-corrected chi connectivity index (χ3v) is 4.45. The van der Waals surface area contributed by atoms with Crippen LogP contribution in [0.5, 0.6) is 0 Å². The fourth-order valence-corrected chi connectivity index (χ4v) is 2.79. The van der Waals surface area contributed by atoms with Crippen LogP contribution in [0.4, 0.5) is 5.69 Å². The number of benzene rings is 1. The van der Waals surface area contributed by atoms with Gasteiger partial charge in [0.15, 0.2) is 0 Å². The van der Waals surface area contributed by atoms with Gasteiger partial charge >= 0.3 is 0 Å². The SMILES string of the molecule is N=CC(=CN)c1ccncc1/C=C/Nc1ccc(CCNC2COC2)cc1. The number of nitrogens with one attached hydrogen (secondary N) is 3. The van der Waals surface area contributed by atoms with Crippen LogP contribution >= 0.6 is 0 Å². The molecule has 6 nitrogen and oxygen atoms in total. The number of ether oxygens (including phenoxy) is 1. The summed E-state index contributed by atoms with van der Waals surface area (Å²) in [5, 5.41) is 14.2. The maximum atomic E-state index is 7.47. The molecule has 0 unspecified atom stereocenters. The van der Waals surface area contributed by atoms with Crippen LogP contribution in [0.3, 0.4) is 0 Å². The van der Waals surface area contributed by atoms with Crippen molar-refractivity contribution in [2.45, 2.75) is 12.5 Å². The zero-order valence-electron chi connectivity index (χ0n) is 15.2. The fourth-order valence-electron chi connectivity index (χ4n) is 2.79. The van der Waals surface area contributed by atoms with Crippen LogP contribution < -0.4 is 16.4 Å². The number of allylic oxidation sites excluding steroid dienone is 1. The van der Waals surface area contributed by atoms with Gasteiger partial charge in [0.05, 0.1) is 19.3 Å². The smallest absolute Gasteiger partial charge is 0.0643 e. The van der Waals surface area contributed by atoms with Crippen molar-refractivity contribution >= 4 is 23.6 Å². The highest BCUT2D eigenvalue weighted by Crippen LogP contribution is 2.18. The number of nitrogens with zero attached hydrogens (tertiary/aromatic N) is 1. The molecule has 1 aromatic carbocycles. The first-order chi connectivity index (χ1) is 13.3. The molecule has 0 radical (unpaired) electrons. The summed E-state index contributed by atoms with van der Waals surface area (Å²) in [7, 11) is 0. The molecule has 27 heavy (non-hydrogen) atoms. The molecule has 6 heteroatoms. The molecular weight excluding hydrogens is 338 g/mol. The largest absolute Gasteiger partial charge is 0.404 e. The van der Waals surface area contributed by atoms with Crippen molar-refractivity contribution in [2.24, 2.45) is 5.73 Å². The number of anilines is 1. The van der Waals surface area contributed by atoms with Crippen molar-refractivity contribution in [3.05, 3.63) is 71.8 Å². The van der Waals surface area contributed by atoms with Crippen LogP contribution in [0.1, 0.15) is 16.7 Å². The van der Waals surface area contributed by atoms with Crippen LogP contribution in [0, 0.1) is 5.41 Å². The lowest BCUT2D eigenvalue weighted by Gasteiger charge is -2.26. The Morgan fingerprint density at radius 3 is 2.74 bits per heavy atom. The van der Waals surface area contributed by atoms with Gasteiger partial charge in [0.1, 0.15) is 0 Å². The topological polar surface area (TPSA) is 96.1 Å². The quantitative estimate of drug-likeness (QED) is 0.514. The standard InChI is InChI=1S/C21H25N5O/c22-11-18(12-23)21-7-8-24-13-17(21)6-10-25-19-3-1-16(2-4-19)5-9-26-20-14-27-15-20/h1-4,6-8,10-13,20,22,25-26H,5,9,14-15,23H2/b10-6+,18-12?,22-11?. The molecule has 140 valence electrons. The minimum Gasteiger partial charge on any atom is -0.404 e. The lowest BCUT2D eigenvalue weighted by atomic mass is 10.0. The molecule has 0 amide bonds. The van der Waals surface area contributed by atoms with Crippen molar-refractivity contribution in [3.63, 3.8) is 0 Å². The summed E-state index contributed by atoms with van der Waals surface area (Å²) < 4.78 is 5.15. The zero-order chi connectivity index (χ0) is 18.9. The minimum absolute atomic E-state index is 0.524. The number of nitrogens with two attached hydrogens (primary N) is 1. The molecule has 3 rings (SSSR count). The second-order valence-corrected chi connectivity index (χ2v) is 6.34. The van der Waals surface area contributed by atoms with Gasteiger partial charge in [-0.15, -0.1) is 0 Å². The summed E-state index contributed by atoms with van der Waals surface area (Å²) in [6.07, 6.45) is 10.9. The van der Waals surface area contributed by atoms with Crippen molar-refractivity contribution in [1.82, 2.24) is 10.3 Å². The molecular formula is C21H25N5O. The molecule has 0 atom stereocenters. The van der Waals surface area contributed by atoms with Gasteiger partial charge in [-0.3, -0.25) is 4.98 Å². The van der Waals surface area contributed by atoms with E-state index < -0.39 is 0 Å². The van der Waals surface area contributed by atoms with E-state index in [0.29, 0.717) is 11.6 Å². The van der Waals surface area contributed by atoms with E-state index >= 15 is 0 Å². The van der Waals surface area contributed by atoms with Gasteiger partial charge in [0.25, 0.3) is 0 Å². The Balaban J connectivity index is 1.54. The number of rotatable bonds is 9. The summed E-state index contributed by atoms with van der Waals surface area (Å²) in [4.78, 5) is 4.15. The van der Waals surface area contributed by atoms with Gasteiger partial charge < -0.3 is 26.5 Å². The summed E-state index contributed by atoms with van der Waals surface area (Å²) >= 11 is 0. The second kappa shape index (κ2) is 9.66. The molecule has 1 aliphatic rings. The predicted molar refractivity (Wildman–Crippen MR) is 111 cm³/mol. The lowest BCUT2D eigenvalue weighted by molar-refractivity contribution is -0.00467. The highest BCUT2D eigenvalue weighted by atomic mass is 16.5. The summed E-state index contributed by atoms with van der Waals surface area (Å²) in [5.41, 5.74) is 10.3. The molecule has 1 aromatic heterocycles. The normalized spacial score (nSPS) is 14.9. The van der Waals surface area contributed by atoms with Crippen LogP contribution in [0.15, 0.2) is 55.1 Å². The molecule has 0 bridgehead atoms. The van der Waals surface area contributed by atoms with Crippen molar-refractivity contribution in [3.8, 4) is 0 Å². The third-order valence-electron chi connectivity index (χ3n) is 4.45. The molecule has 2 heterocycles. The molecule has 5 N–H and O–H groups in total. The molecule has 0 spiro atoms. The highest BCUT2D eigenvalue weighted by molar-refractivity contribution is 6.09. The first-order valence-corrected chi connectivity index (χ1v) is 9.00. The van der Waals surface area contributed by atoms with Crippen molar-refractivity contribution < 1.29 is 4.74 Å². The van der Waals surface area contributed by atoms with Crippen LogP contribution in [-0.2, 0) is 11.2 Å². The van der Waals surface area contributed by atoms with Gasteiger partial charge in [0, 0.05) is 47.8 Å². The van der Waals surface area contributed by atoms with Crippen molar-refractivity contribution in [2.75, 3.05) is 25.1 Å². The van der Waals surface area contributed by atoms with E-state index in [9.17, 15) is 0 Å². The Morgan fingerprint density at radius 2 is 2.07 bits per heavy atom. The van der Waals surface area contributed by atoms with Gasteiger partial charge in [-0.2, -0.15) is 0 Å². The summed E-state index contributed by atoms with van der Waals surface area (Å²) in [5.74, 6) is 0. The van der Waals surface area contributed by atoms with E-state index in [4.69, 9.17) is 15.9 Å². The molecule has 0 saturated carbocycles. The molecule has 1 saturated heterocycles. The van der Waals surface area contributed by atoms with Gasteiger partial charge in [0.2, 0.25) is 0 Å². The Morgan fingerprint density at radius 1 is 1.26 bits per heavy atom. The van der Waals surface area contributed by atoms with Crippen LogP contribution in [-0.4, -0.2) is 37.0 Å². The van der Waals surface area contributed by atoms with Crippen LogP contribution in [0.25, 0.3) is 11.6 Å². The maximum Gasteiger partial charge on any atom is 0.0643 e. The van der Waals surface area contributed by atoms with Gasteiger partial charge in [-0.1, -0.05) is 12.1 Å². The van der Waals surface area contributed by atoms with E-state index in [-0.39, 0.29) is 0 Å². The maximum absolute atomic E-state index is 7.47. The minimum atomic E-state index is 0.524. The van der Waals surface area contributed by atoms with E-state index in [1.807, 2.05) is 18.3 Å².